The summed E-state index contributed by atoms with van der Waals surface area (Å²) in [6.07, 6.45) is 6.51. The summed E-state index contributed by atoms with van der Waals surface area (Å²) >= 11 is 0. The lowest BCUT2D eigenvalue weighted by Gasteiger charge is -2.33. The molecule has 0 spiro atoms. The smallest absolute Gasteiger partial charge is 0.0341 e. The van der Waals surface area contributed by atoms with E-state index in [4.69, 9.17) is 0 Å². The van der Waals surface area contributed by atoms with Crippen molar-refractivity contribution < 1.29 is 0 Å². The van der Waals surface area contributed by atoms with Crippen molar-refractivity contribution in [1.29, 1.82) is 0 Å². The largest absolute Gasteiger partial charge is 0.384 e. The fraction of sp³-hybridized carbons (Fsp3) is 0.583. The Morgan fingerprint density at radius 3 is 2.77 bits per heavy atom. The lowest BCUT2D eigenvalue weighted by molar-refractivity contribution is 0.163. The number of allylic oxidation sites excluding steroid dienone is 2. The van der Waals surface area contributed by atoms with Crippen molar-refractivity contribution in [2.75, 3.05) is 19.6 Å². The molecule has 26 heavy (non-hydrogen) atoms. The molecule has 0 amide bonds. The van der Waals surface area contributed by atoms with E-state index in [-0.39, 0.29) is 0 Å². The monoisotopic (exact) mass is 352 g/mol. The first kappa shape index (κ1) is 19.2. The van der Waals surface area contributed by atoms with Gasteiger partial charge in [-0.1, -0.05) is 37.6 Å². The van der Waals surface area contributed by atoms with Crippen LogP contribution in [0.15, 0.2) is 30.4 Å². The molecule has 1 aliphatic carbocycles. The molecule has 1 aliphatic heterocycles. The van der Waals surface area contributed by atoms with E-state index in [1.165, 1.54) is 60.9 Å². The number of aryl methyl sites for hydroxylation is 1. The Balaban J connectivity index is 1.65. The van der Waals surface area contributed by atoms with Crippen molar-refractivity contribution in [3.63, 3.8) is 0 Å². The molecule has 0 radical (unpaired) electrons. The van der Waals surface area contributed by atoms with E-state index in [1.807, 2.05) is 0 Å². The molecular weight excluding hydrogens is 316 g/mol. The predicted molar refractivity (Wildman–Crippen MR) is 114 cm³/mol. The third-order valence-corrected chi connectivity index (χ3v) is 6.72. The average molecular weight is 353 g/mol. The van der Waals surface area contributed by atoms with Gasteiger partial charge in [0.25, 0.3) is 0 Å². The molecule has 1 aromatic carbocycles. The Bertz CT molecular complexity index is 685. The van der Waals surface area contributed by atoms with Gasteiger partial charge in [0, 0.05) is 24.8 Å². The van der Waals surface area contributed by atoms with Gasteiger partial charge in [-0.25, -0.2) is 0 Å². The predicted octanol–water partition coefficient (Wildman–Crippen LogP) is 5.50. The summed E-state index contributed by atoms with van der Waals surface area (Å²) in [7, 11) is 0. The van der Waals surface area contributed by atoms with E-state index in [2.05, 4.69) is 62.7 Å². The van der Waals surface area contributed by atoms with Gasteiger partial charge in [-0.3, -0.25) is 4.90 Å². The molecule has 3 rings (SSSR count). The summed E-state index contributed by atoms with van der Waals surface area (Å²) in [5.74, 6) is 0.679. The topological polar surface area (TPSA) is 15.3 Å². The minimum Gasteiger partial charge on any atom is -0.384 e. The van der Waals surface area contributed by atoms with Crippen LogP contribution < -0.4 is 5.32 Å². The molecule has 1 heterocycles. The SMILES string of the molecule is C=C(NCCN1CCCCC1C)c1ccc2c(c1)C(C)=C(C)C(C)CC2. The van der Waals surface area contributed by atoms with Gasteiger partial charge in [-0.15, -0.1) is 0 Å². The lowest BCUT2D eigenvalue weighted by atomic mass is 9.94. The summed E-state index contributed by atoms with van der Waals surface area (Å²) in [4.78, 5) is 2.61. The molecule has 2 nitrogen and oxygen atoms in total. The van der Waals surface area contributed by atoms with Gasteiger partial charge in [-0.05, 0) is 87.2 Å². The summed E-state index contributed by atoms with van der Waals surface area (Å²) in [5, 5.41) is 3.57. The van der Waals surface area contributed by atoms with Gasteiger partial charge in [0.15, 0.2) is 0 Å². The van der Waals surface area contributed by atoms with Crippen LogP contribution in [0.3, 0.4) is 0 Å². The molecule has 1 saturated heterocycles. The Kier molecular flexibility index (Phi) is 6.24. The summed E-state index contributed by atoms with van der Waals surface area (Å²) in [6.45, 7) is 16.9. The van der Waals surface area contributed by atoms with E-state index in [9.17, 15) is 0 Å². The number of likely N-dealkylation sites (tertiary alicyclic amines) is 1. The minimum absolute atomic E-state index is 0.679. The van der Waals surface area contributed by atoms with Crippen molar-refractivity contribution in [1.82, 2.24) is 10.2 Å². The molecule has 0 bridgehead atoms. The van der Waals surface area contributed by atoms with Crippen LogP contribution in [0.25, 0.3) is 11.3 Å². The number of rotatable bonds is 5. The molecule has 2 aliphatic rings. The highest BCUT2D eigenvalue weighted by atomic mass is 15.2. The maximum Gasteiger partial charge on any atom is 0.0341 e. The molecule has 1 N–H and O–H groups in total. The fourth-order valence-electron chi connectivity index (χ4n) is 4.44. The molecule has 2 unspecified atom stereocenters. The molecule has 2 atom stereocenters. The molecule has 0 saturated carbocycles. The van der Waals surface area contributed by atoms with Crippen molar-refractivity contribution in [3.05, 3.63) is 47.0 Å². The van der Waals surface area contributed by atoms with Gasteiger partial charge >= 0.3 is 0 Å². The van der Waals surface area contributed by atoms with E-state index >= 15 is 0 Å². The summed E-state index contributed by atoms with van der Waals surface area (Å²) in [5.41, 5.74) is 8.21. The van der Waals surface area contributed by atoms with Crippen LogP contribution in [0.2, 0.25) is 0 Å². The van der Waals surface area contributed by atoms with Crippen molar-refractivity contribution >= 4 is 11.3 Å². The van der Waals surface area contributed by atoms with Crippen LogP contribution in [0.4, 0.5) is 0 Å². The normalized spacial score (nSPS) is 24.2. The number of nitrogens with zero attached hydrogens (tertiary/aromatic N) is 1. The quantitative estimate of drug-likeness (QED) is 0.753. The number of benzene rings is 1. The first-order valence-corrected chi connectivity index (χ1v) is 10.4. The summed E-state index contributed by atoms with van der Waals surface area (Å²) in [6, 6.07) is 7.64. The van der Waals surface area contributed by atoms with Crippen molar-refractivity contribution in [2.24, 2.45) is 5.92 Å². The lowest BCUT2D eigenvalue weighted by Crippen LogP contribution is -2.41. The van der Waals surface area contributed by atoms with Gasteiger partial charge in [-0.2, -0.15) is 0 Å². The van der Waals surface area contributed by atoms with Crippen molar-refractivity contribution in [3.8, 4) is 0 Å². The highest BCUT2D eigenvalue weighted by molar-refractivity contribution is 5.74. The Morgan fingerprint density at radius 2 is 2.00 bits per heavy atom. The highest BCUT2D eigenvalue weighted by Crippen LogP contribution is 2.34. The Hall–Kier alpha value is -1.54. The third kappa shape index (κ3) is 4.23. The number of piperidine rings is 1. The molecule has 0 aromatic heterocycles. The fourth-order valence-corrected chi connectivity index (χ4v) is 4.44. The maximum absolute atomic E-state index is 4.31. The Labute approximate surface area is 160 Å². The van der Waals surface area contributed by atoms with Crippen LogP contribution in [0, 0.1) is 5.92 Å². The zero-order chi connectivity index (χ0) is 18.7. The highest BCUT2D eigenvalue weighted by Gasteiger charge is 2.19. The maximum atomic E-state index is 4.31. The second-order valence-electron chi connectivity index (χ2n) is 8.41. The molecule has 1 aromatic rings. The summed E-state index contributed by atoms with van der Waals surface area (Å²) < 4.78 is 0. The first-order valence-electron chi connectivity index (χ1n) is 10.4. The van der Waals surface area contributed by atoms with Gasteiger partial charge < -0.3 is 5.32 Å². The minimum atomic E-state index is 0.679. The first-order chi connectivity index (χ1) is 12.5. The van der Waals surface area contributed by atoms with Crippen LogP contribution >= 0.6 is 0 Å². The second-order valence-corrected chi connectivity index (χ2v) is 8.41. The van der Waals surface area contributed by atoms with Crippen LogP contribution in [-0.2, 0) is 6.42 Å². The molecular formula is C24H36N2. The van der Waals surface area contributed by atoms with Crippen molar-refractivity contribution in [2.45, 2.75) is 65.8 Å². The number of hydrogen-bond acceptors (Lipinski definition) is 2. The van der Waals surface area contributed by atoms with E-state index in [1.54, 1.807) is 5.57 Å². The molecule has 1 fully saturated rings. The van der Waals surface area contributed by atoms with Gasteiger partial charge in [0.2, 0.25) is 0 Å². The zero-order valence-electron chi connectivity index (χ0n) is 17.2. The van der Waals surface area contributed by atoms with E-state index in [0.717, 1.165) is 24.8 Å². The van der Waals surface area contributed by atoms with Gasteiger partial charge in [0.05, 0.1) is 0 Å². The zero-order valence-corrected chi connectivity index (χ0v) is 17.2. The molecule has 2 heteroatoms. The van der Waals surface area contributed by atoms with E-state index < -0.39 is 0 Å². The van der Waals surface area contributed by atoms with E-state index in [0.29, 0.717) is 5.92 Å². The third-order valence-electron chi connectivity index (χ3n) is 6.72. The Morgan fingerprint density at radius 1 is 1.19 bits per heavy atom. The number of hydrogen-bond donors (Lipinski definition) is 1. The average Bonchev–Trinajstić information content (AvgIpc) is 2.75. The van der Waals surface area contributed by atoms with Crippen LogP contribution in [0.1, 0.15) is 70.1 Å². The van der Waals surface area contributed by atoms with Gasteiger partial charge in [0.1, 0.15) is 0 Å². The van der Waals surface area contributed by atoms with Crippen LogP contribution in [0.5, 0.6) is 0 Å². The number of nitrogens with one attached hydrogen (secondary N) is 1. The standard InChI is InChI=1S/C24H36N2/c1-17-9-10-22-11-12-23(16-24(22)20(4)19(17)3)21(5)25-13-15-26-14-7-6-8-18(26)2/h11-12,16-18,25H,5-10,13-15H2,1-4H3. The molecule has 142 valence electrons. The second kappa shape index (κ2) is 8.43. The van der Waals surface area contributed by atoms with Crippen LogP contribution in [-0.4, -0.2) is 30.6 Å². The number of fused-ring (bicyclic) bond motifs is 1.